The molecule has 1 N–H and O–H groups in total. The summed E-state index contributed by atoms with van der Waals surface area (Å²) in [5, 5.41) is 0.559. The van der Waals surface area contributed by atoms with Crippen LogP contribution in [-0.4, -0.2) is 14.5 Å². The van der Waals surface area contributed by atoms with E-state index < -0.39 is 10.0 Å². The molecule has 0 aliphatic carbocycles. The van der Waals surface area contributed by atoms with Crippen molar-refractivity contribution in [3.05, 3.63) is 27.7 Å². The van der Waals surface area contributed by atoms with Crippen molar-refractivity contribution in [2.24, 2.45) is 0 Å². The van der Waals surface area contributed by atoms with E-state index in [1.165, 1.54) is 6.07 Å². The first-order valence-corrected chi connectivity index (χ1v) is 6.96. The number of hydrogen-bond donors (Lipinski definition) is 1. The van der Waals surface area contributed by atoms with Crippen molar-refractivity contribution in [2.45, 2.75) is 31.7 Å². The van der Waals surface area contributed by atoms with Crippen molar-refractivity contribution in [2.75, 3.05) is 0 Å². The molecule has 0 unspecified atom stereocenters. The predicted molar refractivity (Wildman–Crippen MR) is 66.7 cm³/mol. The van der Waals surface area contributed by atoms with Gasteiger partial charge >= 0.3 is 0 Å². The van der Waals surface area contributed by atoms with E-state index in [9.17, 15) is 8.42 Å². The molecule has 0 aliphatic rings. The Hall–Kier alpha value is -0.290. The summed E-state index contributed by atoms with van der Waals surface area (Å²) in [6.07, 6.45) is 0. The van der Waals surface area contributed by atoms with Crippen LogP contribution in [0.4, 0.5) is 0 Å². The Morgan fingerprint density at radius 1 is 1.19 bits per heavy atom. The van der Waals surface area contributed by atoms with Gasteiger partial charge in [0.25, 0.3) is 0 Å². The lowest BCUT2D eigenvalue weighted by molar-refractivity contribution is 0.569. The van der Waals surface area contributed by atoms with Gasteiger partial charge in [-0.1, -0.05) is 23.2 Å². The molecule has 0 fully saturated rings. The largest absolute Gasteiger partial charge is 0.242 e. The highest BCUT2D eigenvalue weighted by Gasteiger charge is 2.22. The zero-order valence-electron chi connectivity index (χ0n) is 9.21. The third-order valence-electron chi connectivity index (χ3n) is 1.95. The average Bonchev–Trinajstić information content (AvgIpc) is 2.09. The number of sulfonamides is 1. The van der Waals surface area contributed by atoms with Gasteiger partial charge in [-0.2, -0.15) is 0 Å². The van der Waals surface area contributed by atoms with Crippen molar-refractivity contribution in [1.82, 2.24) is 4.72 Å². The van der Waals surface area contributed by atoms with Gasteiger partial charge in [-0.25, -0.2) is 13.1 Å². The lowest BCUT2D eigenvalue weighted by Crippen LogP contribution is -2.31. The summed E-state index contributed by atoms with van der Waals surface area (Å²) in [6, 6.07) is 2.86. The van der Waals surface area contributed by atoms with Crippen LogP contribution >= 0.6 is 23.2 Å². The Balaban J connectivity index is 3.38. The first-order chi connectivity index (χ1) is 7.25. The maximum atomic E-state index is 12.0. The smallest absolute Gasteiger partial charge is 0.209 e. The van der Waals surface area contributed by atoms with Gasteiger partial charge < -0.3 is 0 Å². The van der Waals surface area contributed by atoms with Crippen LogP contribution in [0.15, 0.2) is 17.0 Å². The van der Waals surface area contributed by atoms with Crippen LogP contribution in [0.25, 0.3) is 0 Å². The molecule has 3 nitrogen and oxygen atoms in total. The summed E-state index contributed by atoms with van der Waals surface area (Å²) >= 11 is 11.8. The first-order valence-electron chi connectivity index (χ1n) is 4.72. The van der Waals surface area contributed by atoms with Gasteiger partial charge in [0.2, 0.25) is 10.0 Å². The van der Waals surface area contributed by atoms with Crippen LogP contribution in [0.2, 0.25) is 10.0 Å². The molecular weight excluding hydrogens is 269 g/mol. The molecule has 1 aromatic rings. The Morgan fingerprint density at radius 3 is 2.19 bits per heavy atom. The number of rotatable bonds is 3. The van der Waals surface area contributed by atoms with E-state index in [1.807, 2.05) is 0 Å². The van der Waals surface area contributed by atoms with E-state index in [2.05, 4.69) is 4.72 Å². The fourth-order valence-corrected chi connectivity index (χ4v) is 3.63. The average molecular weight is 282 g/mol. The van der Waals surface area contributed by atoms with E-state index in [0.29, 0.717) is 10.6 Å². The van der Waals surface area contributed by atoms with Gasteiger partial charge in [0, 0.05) is 11.1 Å². The highest BCUT2D eigenvalue weighted by molar-refractivity contribution is 7.89. The Morgan fingerprint density at radius 2 is 1.69 bits per heavy atom. The van der Waals surface area contributed by atoms with E-state index in [1.54, 1.807) is 26.8 Å². The van der Waals surface area contributed by atoms with Crippen molar-refractivity contribution < 1.29 is 8.42 Å². The molecule has 0 saturated carbocycles. The molecule has 0 aromatic heterocycles. The minimum absolute atomic E-state index is 0.0513. The number of benzene rings is 1. The molecule has 90 valence electrons. The minimum atomic E-state index is -3.61. The zero-order valence-corrected chi connectivity index (χ0v) is 11.5. The van der Waals surface area contributed by atoms with Crippen molar-refractivity contribution in [3.63, 3.8) is 0 Å². The monoisotopic (exact) mass is 281 g/mol. The summed E-state index contributed by atoms with van der Waals surface area (Å²) in [4.78, 5) is 0.0513. The summed E-state index contributed by atoms with van der Waals surface area (Å²) in [6.45, 7) is 5.11. The second-order valence-electron chi connectivity index (χ2n) is 3.76. The maximum Gasteiger partial charge on any atom is 0.242 e. The van der Waals surface area contributed by atoms with E-state index in [4.69, 9.17) is 23.2 Å². The van der Waals surface area contributed by atoms with Crippen LogP contribution in [0, 0.1) is 6.92 Å². The molecular formula is C10H13Cl2NO2S. The lowest BCUT2D eigenvalue weighted by Gasteiger charge is -2.13. The number of nitrogens with one attached hydrogen (secondary N) is 1. The molecule has 6 heteroatoms. The van der Waals surface area contributed by atoms with Crippen molar-refractivity contribution in [1.29, 1.82) is 0 Å². The second-order valence-corrected chi connectivity index (χ2v) is 6.22. The van der Waals surface area contributed by atoms with E-state index >= 15 is 0 Å². The van der Waals surface area contributed by atoms with Crippen LogP contribution in [0.1, 0.15) is 19.4 Å². The molecule has 0 radical (unpaired) electrons. The fourth-order valence-electron chi connectivity index (χ4n) is 1.33. The Kier molecular flexibility index (Phi) is 4.23. The Labute approximate surface area is 106 Å². The Bertz CT molecular complexity index is 498. The van der Waals surface area contributed by atoms with Crippen LogP contribution in [0.3, 0.4) is 0 Å². The molecule has 16 heavy (non-hydrogen) atoms. The topological polar surface area (TPSA) is 46.2 Å². The van der Waals surface area contributed by atoms with E-state index in [-0.39, 0.29) is 16.0 Å². The SMILES string of the molecule is Cc1c(Cl)ccc(Cl)c1S(=O)(=O)NC(C)C. The molecule has 0 spiro atoms. The molecule has 0 saturated heterocycles. The summed E-state index contributed by atoms with van der Waals surface area (Å²) in [7, 11) is -3.61. The number of hydrogen-bond acceptors (Lipinski definition) is 2. The first kappa shape index (κ1) is 13.8. The second kappa shape index (κ2) is 4.92. The molecule has 0 bridgehead atoms. The van der Waals surface area contributed by atoms with Gasteiger partial charge in [0.05, 0.1) is 5.02 Å². The third-order valence-corrected chi connectivity index (χ3v) is 4.63. The van der Waals surface area contributed by atoms with Crippen LogP contribution < -0.4 is 4.72 Å². The summed E-state index contributed by atoms with van der Waals surface area (Å²) < 4.78 is 26.4. The van der Waals surface area contributed by atoms with Gasteiger partial charge in [0.1, 0.15) is 4.90 Å². The summed E-state index contributed by atoms with van der Waals surface area (Å²) in [5.41, 5.74) is 0.460. The van der Waals surface area contributed by atoms with Crippen LogP contribution in [-0.2, 0) is 10.0 Å². The molecule has 1 aromatic carbocycles. The van der Waals surface area contributed by atoms with E-state index in [0.717, 1.165) is 0 Å². The highest BCUT2D eigenvalue weighted by Crippen LogP contribution is 2.30. The van der Waals surface area contributed by atoms with Gasteiger partial charge in [-0.3, -0.25) is 0 Å². The van der Waals surface area contributed by atoms with Gasteiger partial charge in [-0.05, 0) is 38.5 Å². The standard InChI is InChI=1S/C10H13Cl2NO2S/c1-6(2)13-16(14,15)10-7(3)8(11)4-5-9(10)12/h4-6,13H,1-3H3. The van der Waals surface area contributed by atoms with Crippen molar-refractivity contribution >= 4 is 33.2 Å². The lowest BCUT2D eigenvalue weighted by atomic mass is 10.2. The van der Waals surface area contributed by atoms with Gasteiger partial charge in [-0.15, -0.1) is 0 Å². The fraction of sp³-hybridized carbons (Fsp3) is 0.400. The summed E-state index contributed by atoms with van der Waals surface area (Å²) in [5.74, 6) is 0. The molecule has 1 rings (SSSR count). The molecule has 0 atom stereocenters. The zero-order chi connectivity index (χ0) is 12.5. The quantitative estimate of drug-likeness (QED) is 0.926. The molecule has 0 aliphatic heterocycles. The molecule has 0 heterocycles. The maximum absolute atomic E-state index is 12.0. The predicted octanol–water partition coefficient (Wildman–Crippen LogP) is 2.99. The number of halogens is 2. The molecule has 0 amide bonds. The van der Waals surface area contributed by atoms with Crippen LogP contribution in [0.5, 0.6) is 0 Å². The third kappa shape index (κ3) is 2.88. The van der Waals surface area contributed by atoms with Crippen molar-refractivity contribution in [3.8, 4) is 0 Å². The minimum Gasteiger partial charge on any atom is -0.209 e. The highest BCUT2D eigenvalue weighted by atomic mass is 35.5. The normalized spacial score (nSPS) is 12.1. The van der Waals surface area contributed by atoms with Gasteiger partial charge in [0.15, 0.2) is 0 Å².